The third-order valence-corrected chi connectivity index (χ3v) is 6.15. The van der Waals surface area contributed by atoms with Crippen LogP contribution in [0.15, 0.2) is 69.0 Å². The first-order valence-electron chi connectivity index (χ1n) is 11.5. The molecule has 0 aliphatic heterocycles. The van der Waals surface area contributed by atoms with Crippen LogP contribution < -0.4 is 19.8 Å². The summed E-state index contributed by atoms with van der Waals surface area (Å²) in [6.07, 6.45) is 1.59. The number of rotatable bonds is 8. The Morgan fingerprint density at radius 1 is 1.03 bits per heavy atom. The standard InChI is InChI=1S/C28H28BrN3O4/c1-17(2)27-31-23-11-10-21(29)14-22(23)28(33)32(27)30-15-20-12-24(34-4)26(25(13-20)35-5)36-16-19-8-6-18(3)7-9-19/h6-15,17H,16H2,1-5H3. The molecule has 1 heterocycles. The molecule has 8 heteroatoms. The molecule has 0 spiro atoms. The van der Waals surface area contributed by atoms with Crippen LogP contribution in [0.4, 0.5) is 0 Å². The van der Waals surface area contributed by atoms with Gasteiger partial charge in [-0.3, -0.25) is 4.79 Å². The van der Waals surface area contributed by atoms with Gasteiger partial charge in [-0.1, -0.05) is 59.6 Å². The Labute approximate surface area is 218 Å². The summed E-state index contributed by atoms with van der Waals surface area (Å²) in [5, 5.41) is 5.00. The van der Waals surface area contributed by atoms with Crippen molar-refractivity contribution in [3.8, 4) is 17.2 Å². The zero-order chi connectivity index (χ0) is 25.8. The molecule has 36 heavy (non-hydrogen) atoms. The molecule has 4 aromatic rings. The van der Waals surface area contributed by atoms with E-state index in [2.05, 4.69) is 26.0 Å². The number of aromatic nitrogens is 2. The average molecular weight is 550 g/mol. The van der Waals surface area contributed by atoms with Crippen LogP contribution in [0.2, 0.25) is 0 Å². The molecule has 0 N–H and O–H groups in total. The van der Waals surface area contributed by atoms with Gasteiger partial charge in [0.05, 0.1) is 31.3 Å². The number of nitrogens with zero attached hydrogens (tertiary/aromatic N) is 3. The van der Waals surface area contributed by atoms with Crippen molar-refractivity contribution in [1.29, 1.82) is 0 Å². The Balaban J connectivity index is 1.71. The first kappa shape index (κ1) is 25.4. The Kier molecular flexibility index (Phi) is 7.74. The van der Waals surface area contributed by atoms with E-state index in [0.29, 0.717) is 46.1 Å². The molecule has 0 saturated heterocycles. The fraction of sp³-hybridized carbons (Fsp3) is 0.250. The van der Waals surface area contributed by atoms with Gasteiger partial charge >= 0.3 is 0 Å². The van der Waals surface area contributed by atoms with Crippen LogP contribution in [-0.2, 0) is 6.61 Å². The maximum Gasteiger partial charge on any atom is 0.282 e. The lowest BCUT2D eigenvalue weighted by atomic mass is 10.1. The zero-order valence-corrected chi connectivity index (χ0v) is 22.5. The van der Waals surface area contributed by atoms with E-state index >= 15 is 0 Å². The lowest BCUT2D eigenvalue weighted by Gasteiger charge is -2.16. The number of fused-ring (bicyclic) bond motifs is 1. The Morgan fingerprint density at radius 2 is 1.69 bits per heavy atom. The summed E-state index contributed by atoms with van der Waals surface area (Å²) in [6.45, 7) is 6.36. The topological polar surface area (TPSA) is 74.9 Å². The van der Waals surface area contributed by atoms with Crippen molar-refractivity contribution in [2.24, 2.45) is 5.10 Å². The quantitative estimate of drug-likeness (QED) is 0.249. The fourth-order valence-corrected chi connectivity index (χ4v) is 4.09. The highest BCUT2D eigenvalue weighted by molar-refractivity contribution is 9.10. The molecule has 0 aliphatic rings. The van der Waals surface area contributed by atoms with E-state index in [1.54, 1.807) is 38.6 Å². The molecule has 0 bridgehead atoms. The van der Waals surface area contributed by atoms with Crippen LogP contribution in [0.25, 0.3) is 10.9 Å². The second-order valence-electron chi connectivity index (χ2n) is 8.68. The van der Waals surface area contributed by atoms with Gasteiger partial charge in [-0.05, 0) is 42.8 Å². The van der Waals surface area contributed by atoms with Crippen molar-refractivity contribution in [1.82, 2.24) is 9.66 Å². The summed E-state index contributed by atoms with van der Waals surface area (Å²) in [5.74, 6) is 2.06. The molecule has 186 valence electrons. The summed E-state index contributed by atoms with van der Waals surface area (Å²) in [6, 6.07) is 17.2. The highest BCUT2D eigenvalue weighted by Crippen LogP contribution is 2.38. The smallest absolute Gasteiger partial charge is 0.282 e. The number of methoxy groups -OCH3 is 2. The normalized spacial score (nSPS) is 11.4. The van der Waals surface area contributed by atoms with Crippen LogP contribution in [0.3, 0.4) is 0 Å². The van der Waals surface area contributed by atoms with Crippen molar-refractivity contribution in [2.75, 3.05) is 14.2 Å². The van der Waals surface area contributed by atoms with Crippen molar-refractivity contribution in [3.63, 3.8) is 0 Å². The van der Waals surface area contributed by atoms with Gasteiger partial charge in [-0.15, -0.1) is 0 Å². The molecule has 0 aliphatic carbocycles. The molecule has 1 aromatic heterocycles. The molecule has 0 amide bonds. The number of benzene rings is 3. The largest absolute Gasteiger partial charge is 0.493 e. The van der Waals surface area contributed by atoms with Crippen molar-refractivity contribution in [2.45, 2.75) is 33.3 Å². The first-order valence-corrected chi connectivity index (χ1v) is 12.3. The van der Waals surface area contributed by atoms with E-state index in [-0.39, 0.29) is 11.5 Å². The molecule has 0 saturated carbocycles. The Morgan fingerprint density at radius 3 is 2.31 bits per heavy atom. The lowest BCUT2D eigenvalue weighted by molar-refractivity contribution is 0.266. The SMILES string of the molecule is COc1cc(C=Nn2c(C(C)C)nc3ccc(Br)cc3c2=O)cc(OC)c1OCc1ccc(C)cc1. The van der Waals surface area contributed by atoms with Crippen LogP contribution in [0.5, 0.6) is 17.2 Å². The molecular formula is C28H28BrN3O4. The monoisotopic (exact) mass is 549 g/mol. The van der Waals surface area contributed by atoms with Gasteiger partial charge in [0.15, 0.2) is 11.5 Å². The highest BCUT2D eigenvalue weighted by atomic mass is 79.9. The van der Waals surface area contributed by atoms with Crippen LogP contribution in [-0.4, -0.2) is 30.1 Å². The highest BCUT2D eigenvalue weighted by Gasteiger charge is 2.16. The summed E-state index contributed by atoms with van der Waals surface area (Å²) < 4.78 is 19.4. The number of ether oxygens (including phenoxy) is 3. The number of hydrogen-bond acceptors (Lipinski definition) is 6. The second kappa shape index (κ2) is 11.0. The van der Waals surface area contributed by atoms with Gasteiger partial charge in [-0.25, -0.2) is 4.98 Å². The van der Waals surface area contributed by atoms with Crippen LogP contribution in [0, 0.1) is 6.92 Å². The van der Waals surface area contributed by atoms with Gasteiger partial charge in [0.25, 0.3) is 5.56 Å². The van der Waals surface area contributed by atoms with Gasteiger partial charge < -0.3 is 14.2 Å². The van der Waals surface area contributed by atoms with Gasteiger partial charge in [-0.2, -0.15) is 9.78 Å². The van der Waals surface area contributed by atoms with Crippen molar-refractivity contribution in [3.05, 3.63) is 91.9 Å². The molecule has 4 rings (SSSR count). The summed E-state index contributed by atoms with van der Waals surface area (Å²) >= 11 is 3.43. The molecule has 0 atom stereocenters. The van der Waals surface area contributed by atoms with E-state index in [9.17, 15) is 4.79 Å². The summed E-state index contributed by atoms with van der Waals surface area (Å²) in [5.41, 5.74) is 3.30. The van der Waals surface area contributed by atoms with Gasteiger partial charge in [0.2, 0.25) is 5.75 Å². The number of hydrogen-bond donors (Lipinski definition) is 0. The van der Waals surface area contributed by atoms with Crippen LogP contribution >= 0.6 is 15.9 Å². The second-order valence-corrected chi connectivity index (χ2v) is 9.59. The maximum atomic E-state index is 13.3. The van der Waals surface area contributed by atoms with E-state index in [4.69, 9.17) is 14.2 Å². The molecular weight excluding hydrogens is 522 g/mol. The van der Waals surface area contributed by atoms with Crippen molar-refractivity contribution >= 4 is 33.0 Å². The van der Waals surface area contributed by atoms with Crippen molar-refractivity contribution < 1.29 is 14.2 Å². The van der Waals surface area contributed by atoms with E-state index < -0.39 is 0 Å². The molecule has 7 nitrogen and oxygen atoms in total. The van der Waals surface area contributed by atoms with Gasteiger partial charge in [0.1, 0.15) is 12.4 Å². The number of aryl methyl sites for hydroxylation is 1. The zero-order valence-electron chi connectivity index (χ0n) is 20.9. The molecule has 3 aromatic carbocycles. The predicted molar refractivity (Wildman–Crippen MR) is 146 cm³/mol. The first-order chi connectivity index (χ1) is 17.3. The minimum atomic E-state index is -0.238. The van der Waals surface area contributed by atoms with Crippen LogP contribution in [0.1, 0.15) is 42.3 Å². The third kappa shape index (κ3) is 5.44. The summed E-state index contributed by atoms with van der Waals surface area (Å²) in [4.78, 5) is 18.0. The maximum absolute atomic E-state index is 13.3. The Hall–Kier alpha value is -3.65. The predicted octanol–water partition coefficient (Wildman–Crippen LogP) is 6.07. The van der Waals surface area contributed by atoms with E-state index in [0.717, 1.165) is 10.0 Å². The molecule has 0 fully saturated rings. The minimum Gasteiger partial charge on any atom is -0.493 e. The molecule has 0 radical (unpaired) electrons. The molecule has 0 unspecified atom stereocenters. The third-order valence-electron chi connectivity index (χ3n) is 5.66. The van der Waals surface area contributed by atoms with E-state index in [1.807, 2.05) is 57.2 Å². The Bertz CT molecular complexity index is 1450. The minimum absolute atomic E-state index is 0.00970. The fourth-order valence-electron chi connectivity index (χ4n) is 3.73. The number of halogens is 1. The lowest BCUT2D eigenvalue weighted by Crippen LogP contribution is -2.23. The summed E-state index contributed by atoms with van der Waals surface area (Å²) in [7, 11) is 3.14. The average Bonchev–Trinajstić information content (AvgIpc) is 2.87. The van der Waals surface area contributed by atoms with E-state index in [1.165, 1.54) is 10.2 Å². The van der Waals surface area contributed by atoms with Gasteiger partial charge in [0, 0.05) is 16.0 Å².